The van der Waals surface area contributed by atoms with Crippen molar-refractivity contribution in [2.75, 3.05) is 0 Å². The Morgan fingerprint density at radius 1 is 0.630 bits per heavy atom. The van der Waals surface area contributed by atoms with Gasteiger partial charge in [0.2, 0.25) is 0 Å². The van der Waals surface area contributed by atoms with Crippen LogP contribution in [0, 0.1) is 6.07 Å². The number of benzene rings is 4. The van der Waals surface area contributed by atoms with Gasteiger partial charge in [-0.2, -0.15) is 0 Å². The van der Waals surface area contributed by atoms with E-state index in [1.165, 1.54) is 0 Å². The highest BCUT2D eigenvalue weighted by Gasteiger charge is 2.02. The fourth-order valence-corrected chi connectivity index (χ4v) is 2.78. The van der Waals surface area contributed by atoms with Crippen molar-refractivity contribution in [3.63, 3.8) is 0 Å². The highest BCUT2D eigenvalue weighted by molar-refractivity contribution is 5.63. The van der Waals surface area contributed by atoms with Gasteiger partial charge in [-0.1, -0.05) is 72.8 Å². The zero-order chi connectivity index (χ0) is 18.3. The quantitative estimate of drug-likeness (QED) is 0.393. The molecule has 0 atom stereocenters. The molecule has 0 heterocycles. The molecule has 0 aliphatic rings. The molecule has 0 aliphatic heterocycles. The third kappa shape index (κ3) is 4.56. The fourth-order valence-electron chi connectivity index (χ4n) is 2.78. The summed E-state index contributed by atoms with van der Waals surface area (Å²) in [5, 5.41) is 0. The van der Waals surface area contributed by atoms with Gasteiger partial charge in [0.05, 0.1) is 0 Å². The maximum atomic E-state index is 5.97. The smallest absolute Gasteiger partial charge is 0.131 e. The SMILES string of the molecule is [c]1ccccc1-c1ccc(Oc2cccc(OCc3ccccc3)c2)cc1. The molecule has 4 aromatic carbocycles. The first-order chi connectivity index (χ1) is 13.4. The van der Waals surface area contributed by atoms with Gasteiger partial charge in [0.15, 0.2) is 0 Å². The molecule has 0 saturated heterocycles. The van der Waals surface area contributed by atoms with Crippen LogP contribution < -0.4 is 9.47 Å². The van der Waals surface area contributed by atoms with E-state index in [1.54, 1.807) is 0 Å². The molecule has 0 aliphatic carbocycles. The lowest BCUT2D eigenvalue weighted by molar-refractivity contribution is 0.304. The first kappa shape index (κ1) is 16.9. The molecule has 2 heteroatoms. The van der Waals surface area contributed by atoms with E-state index in [0.29, 0.717) is 6.61 Å². The van der Waals surface area contributed by atoms with Gasteiger partial charge in [-0.3, -0.25) is 0 Å². The Bertz CT molecular complexity index is 977. The number of rotatable bonds is 6. The summed E-state index contributed by atoms with van der Waals surface area (Å²) in [6.45, 7) is 0.534. The third-order valence-corrected chi connectivity index (χ3v) is 4.16. The van der Waals surface area contributed by atoms with Crippen molar-refractivity contribution in [3.05, 3.63) is 115 Å². The number of ether oxygens (including phenoxy) is 2. The molecule has 0 amide bonds. The van der Waals surface area contributed by atoms with Gasteiger partial charge in [-0.15, -0.1) is 0 Å². The maximum Gasteiger partial charge on any atom is 0.131 e. The highest BCUT2D eigenvalue weighted by atomic mass is 16.5. The van der Waals surface area contributed by atoms with Crippen molar-refractivity contribution in [1.82, 2.24) is 0 Å². The molecule has 4 rings (SSSR count). The van der Waals surface area contributed by atoms with E-state index in [9.17, 15) is 0 Å². The minimum absolute atomic E-state index is 0.534. The molecule has 0 spiro atoms. The molecule has 0 fully saturated rings. The average Bonchev–Trinajstić information content (AvgIpc) is 2.75. The minimum atomic E-state index is 0.534. The van der Waals surface area contributed by atoms with Gasteiger partial charge in [0.25, 0.3) is 0 Å². The molecule has 0 saturated carbocycles. The molecule has 0 bridgehead atoms. The van der Waals surface area contributed by atoms with E-state index >= 15 is 0 Å². The topological polar surface area (TPSA) is 18.5 Å². The van der Waals surface area contributed by atoms with E-state index in [-0.39, 0.29) is 0 Å². The summed E-state index contributed by atoms with van der Waals surface area (Å²) in [6, 6.07) is 37.0. The van der Waals surface area contributed by atoms with E-state index in [4.69, 9.17) is 9.47 Å². The molecule has 0 aromatic heterocycles. The van der Waals surface area contributed by atoms with Gasteiger partial charge < -0.3 is 9.47 Å². The summed E-state index contributed by atoms with van der Waals surface area (Å²) < 4.78 is 11.8. The van der Waals surface area contributed by atoms with Crippen molar-refractivity contribution in [1.29, 1.82) is 0 Å². The van der Waals surface area contributed by atoms with Gasteiger partial charge in [-0.05, 0) is 47.0 Å². The molecule has 0 unspecified atom stereocenters. The summed E-state index contributed by atoms with van der Waals surface area (Å²) in [5.74, 6) is 2.32. The van der Waals surface area contributed by atoms with Crippen LogP contribution in [-0.4, -0.2) is 0 Å². The molecular formula is C25H19O2. The second-order valence-electron chi connectivity index (χ2n) is 6.15. The molecule has 0 N–H and O–H groups in total. The lowest BCUT2D eigenvalue weighted by Crippen LogP contribution is -1.95. The van der Waals surface area contributed by atoms with Crippen molar-refractivity contribution in [2.45, 2.75) is 6.61 Å². The molecule has 2 nitrogen and oxygen atoms in total. The summed E-state index contributed by atoms with van der Waals surface area (Å²) in [4.78, 5) is 0. The Kier molecular flexibility index (Phi) is 5.16. The van der Waals surface area contributed by atoms with Crippen LogP contribution in [-0.2, 0) is 6.61 Å². The second kappa shape index (κ2) is 8.24. The molecule has 1 radical (unpaired) electrons. The summed E-state index contributed by atoms with van der Waals surface area (Å²) in [6.07, 6.45) is 0. The molecule has 4 aromatic rings. The monoisotopic (exact) mass is 351 g/mol. The predicted octanol–water partition coefficient (Wildman–Crippen LogP) is 6.53. The Morgan fingerprint density at radius 3 is 2.19 bits per heavy atom. The Labute approximate surface area is 159 Å². The maximum absolute atomic E-state index is 5.97. The number of hydrogen-bond acceptors (Lipinski definition) is 2. The minimum Gasteiger partial charge on any atom is -0.489 e. The fraction of sp³-hybridized carbons (Fsp3) is 0.0400. The van der Waals surface area contributed by atoms with Crippen LogP contribution in [0.1, 0.15) is 5.56 Å². The van der Waals surface area contributed by atoms with Crippen molar-refractivity contribution < 1.29 is 9.47 Å². The van der Waals surface area contributed by atoms with Gasteiger partial charge in [-0.25, -0.2) is 0 Å². The highest BCUT2D eigenvalue weighted by Crippen LogP contribution is 2.28. The van der Waals surface area contributed by atoms with Crippen LogP contribution in [0.3, 0.4) is 0 Å². The average molecular weight is 351 g/mol. The van der Waals surface area contributed by atoms with E-state index < -0.39 is 0 Å². The van der Waals surface area contributed by atoms with Crippen molar-refractivity contribution in [3.8, 4) is 28.4 Å². The first-order valence-corrected chi connectivity index (χ1v) is 8.89. The molecular weight excluding hydrogens is 332 g/mol. The summed E-state index contributed by atoms with van der Waals surface area (Å²) in [7, 11) is 0. The van der Waals surface area contributed by atoms with Crippen LogP contribution in [0.15, 0.2) is 103 Å². The lowest BCUT2D eigenvalue weighted by atomic mass is 10.1. The van der Waals surface area contributed by atoms with E-state index in [2.05, 4.69) is 6.07 Å². The van der Waals surface area contributed by atoms with Gasteiger partial charge in [0, 0.05) is 6.07 Å². The molecule has 27 heavy (non-hydrogen) atoms. The van der Waals surface area contributed by atoms with Crippen LogP contribution >= 0.6 is 0 Å². The van der Waals surface area contributed by atoms with Crippen LogP contribution in [0.4, 0.5) is 0 Å². The predicted molar refractivity (Wildman–Crippen MR) is 108 cm³/mol. The normalized spacial score (nSPS) is 10.4. The van der Waals surface area contributed by atoms with E-state index in [0.717, 1.165) is 33.9 Å². The first-order valence-electron chi connectivity index (χ1n) is 8.89. The Morgan fingerprint density at radius 2 is 1.41 bits per heavy atom. The number of hydrogen-bond donors (Lipinski definition) is 0. The van der Waals surface area contributed by atoms with Crippen LogP contribution in [0.25, 0.3) is 11.1 Å². The zero-order valence-electron chi connectivity index (χ0n) is 14.8. The Hall–Kier alpha value is -3.52. The van der Waals surface area contributed by atoms with E-state index in [1.807, 2.05) is 103 Å². The van der Waals surface area contributed by atoms with Gasteiger partial charge >= 0.3 is 0 Å². The van der Waals surface area contributed by atoms with Crippen molar-refractivity contribution >= 4 is 0 Å². The summed E-state index contributed by atoms with van der Waals surface area (Å²) in [5.41, 5.74) is 3.32. The zero-order valence-corrected chi connectivity index (χ0v) is 14.8. The Balaban J connectivity index is 1.42. The second-order valence-corrected chi connectivity index (χ2v) is 6.15. The largest absolute Gasteiger partial charge is 0.489 e. The third-order valence-electron chi connectivity index (χ3n) is 4.16. The van der Waals surface area contributed by atoms with Crippen LogP contribution in [0.5, 0.6) is 17.2 Å². The van der Waals surface area contributed by atoms with Crippen molar-refractivity contribution in [2.24, 2.45) is 0 Å². The van der Waals surface area contributed by atoms with Crippen LogP contribution in [0.2, 0.25) is 0 Å². The van der Waals surface area contributed by atoms with Gasteiger partial charge in [0.1, 0.15) is 23.9 Å². The standard InChI is InChI=1S/C25H19O2/c1-3-8-20(9-4-1)19-26-24-12-7-13-25(18-24)27-23-16-14-22(15-17-23)21-10-5-2-6-11-21/h1-10,12-18H,19H2. The molecule has 131 valence electrons. The summed E-state index contributed by atoms with van der Waals surface area (Å²) >= 11 is 0. The lowest BCUT2D eigenvalue weighted by Gasteiger charge is -2.10.